The molecule has 0 saturated carbocycles. The molecule has 0 unspecified atom stereocenters. The molecule has 0 aromatic heterocycles. The highest BCUT2D eigenvalue weighted by molar-refractivity contribution is 7.98. The van der Waals surface area contributed by atoms with E-state index in [0.29, 0.717) is 5.75 Å². The second kappa shape index (κ2) is 8.02. The number of amides is 1. The zero-order valence-corrected chi connectivity index (χ0v) is 13.2. The summed E-state index contributed by atoms with van der Waals surface area (Å²) in [4.78, 5) is 22.5. The Hall–Kier alpha value is -1.56. The molecule has 0 saturated heterocycles. The number of nitrogens with one attached hydrogen (secondary N) is 1. The van der Waals surface area contributed by atoms with Gasteiger partial charge in [-0.15, -0.1) is 0 Å². The number of carbonyl (C=O) groups excluding carboxylic acids is 2. The van der Waals surface area contributed by atoms with Crippen LogP contribution in [0.5, 0.6) is 0 Å². The van der Waals surface area contributed by atoms with Crippen LogP contribution in [-0.4, -0.2) is 29.5 Å². The highest BCUT2D eigenvalue weighted by Gasteiger charge is 2.24. The lowest BCUT2D eigenvalue weighted by Gasteiger charge is -2.21. The van der Waals surface area contributed by atoms with Crippen molar-refractivity contribution in [2.24, 2.45) is 0 Å². The third-order valence-electron chi connectivity index (χ3n) is 2.36. The second-order valence-electron chi connectivity index (χ2n) is 5.50. The molecule has 0 aliphatic rings. The van der Waals surface area contributed by atoms with Crippen LogP contribution < -0.4 is 5.32 Å². The molecule has 0 fully saturated rings. The van der Waals surface area contributed by atoms with E-state index < -0.39 is 23.8 Å². The number of hydrogen-bond acceptors (Lipinski definition) is 4. The smallest absolute Gasteiger partial charge is 0.408 e. The zero-order chi connectivity index (χ0) is 15.9. The summed E-state index contributed by atoms with van der Waals surface area (Å²) in [5.74, 6) is 0.796. The van der Waals surface area contributed by atoms with Crippen molar-refractivity contribution in [1.29, 1.82) is 0 Å². The highest BCUT2D eigenvalue weighted by atomic mass is 32.2. The molecule has 116 valence electrons. The maximum atomic E-state index is 13.0. The molecule has 0 heterocycles. The van der Waals surface area contributed by atoms with Crippen LogP contribution in [-0.2, 0) is 15.3 Å². The number of benzene rings is 1. The standard InChI is InChI=1S/C15H20FNO3S/c1-15(2,3)20-14(19)17-12(13(16)18)10-21-9-11-7-5-4-6-8-11/h4-8,12H,9-10H2,1-3H3,(H,17,19)/t12-/m0/s1. The Bertz CT molecular complexity index is 474. The molecular formula is C15H20FNO3S. The van der Waals surface area contributed by atoms with E-state index in [1.54, 1.807) is 20.8 Å². The molecule has 1 atom stereocenters. The van der Waals surface area contributed by atoms with Crippen molar-refractivity contribution in [2.75, 3.05) is 5.75 Å². The van der Waals surface area contributed by atoms with Crippen LogP contribution in [0, 0.1) is 0 Å². The quantitative estimate of drug-likeness (QED) is 0.819. The lowest BCUT2D eigenvalue weighted by Crippen LogP contribution is -2.43. The third kappa shape index (κ3) is 7.70. The molecule has 0 spiro atoms. The average Bonchev–Trinajstić information content (AvgIpc) is 2.36. The fourth-order valence-corrected chi connectivity index (χ4v) is 2.48. The summed E-state index contributed by atoms with van der Waals surface area (Å²) in [7, 11) is 0. The predicted octanol–water partition coefficient (Wildman–Crippen LogP) is 3.31. The Morgan fingerprint density at radius 3 is 2.43 bits per heavy atom. The SMILES string of the molecule is CC(C)(C)OC(=O)N[C@@H](CSCc1ccccc1)C(=O)F. The monoisotopic (exact) mass is 313 g/mol. The van der Waals surface area contributed by atoms with Gasteiger partial charge >= 0.3 is 12.1 Å². The number of halogens is 1. The van der Waals surface area contributed by atoms with Crippen LogP contribution >= 0.6 is 11.8 Å². The van der Waals surface area contributed by atoms with Gasteiger partial charge in [-0.2, -0.15) is 16.2 Å². The van der Waals surface area contributed by atoms with Crippen molar-refractivity contribution >= 4 is 23.9 Å². The van der Waals surface area contributed by atoms with Crippen molar-refractivity contribution < 1.29 is 18.7 Å². The van der Waals surface area contributed by atoms with E-state index >= 15 is 0 Å². The van der Waals surface area contributed by atoms with E-state index in [1.807, 2.05) is 30.3 Å². The number of ether oxygens (including phenoxy) is 1. The molecule has 0 radical (unpaired) electrons. The summed E-state index contributed by atoms with van der Waals surface area (Å²) in [6.07, 6.45) is -0.793. The minimum absolute atomic E-state index is 0.156. The first kappa shape index (κ1) is 17.5. The minimum Gasteiger partial charge on any atom is -0.444 e. The van der Waals surface area contributed by atoms with Gasteiger partial charge in [-0.1, -0.05) is 30.3 Å². The summed E-state index contributed by atoms with van der Waals surface area (Å²) < 4.78 is 18.0. The Labute approximate surface area is 128 Å². The molecule has 1 aromatic rings. The first-order valence-electron chi connectivity index (χ1n) is 6.58. The number of rotatable bonds is 6. The number of hydrogen-bond donors (Lipinski definition) is 1. The first-order valence-corrected chi connectivity index (χ1v) is 7.74. The van der Waals surface area contributed by atoms with Crippen LogP contribution in [0.15, 0.2) is 30.3 Å². The molecular weight excluding hydrogens is 293 g/mol. The molecule has 1 N–H and O–H groups in total. The van der Waals surface area contributed by atoms with Gasteiger partial charge in [0.15, 0.2) is 0 Å². The van der Waals surface area contributed by atoms with Gasteiger partial charge in [0.05, 0.1) is 0 Å². The topological polar surface area (TPSA) is 55.4 Å². The molecule has 6 heteroatoms. The van der Waals surface area contributed by atoms with E-state index in [4.69, 9.17) is 4.74 Å². The summed E-state index contributed by atoms with van der Waals surface area (Å²) in [5, 5.41) is 2.25. The lowest BCUT2D eigenvalue weighted by molar-refractivity contribution is -0.130. The van der Waals surface area contributed by atoms with Crippen molar-refractivity contribution in [1.82, 2.24) is 5.32 Å². The zero-order valence-electron chi connectivity index (χ0n) is 12.4. The van der Waals surface area contributed by atoms with E-state index in [2.05, 4.69) is 5.32 Å². The van der Waals surface area contributed by atoms with Gasteiger partial charge in [0.25, 0.3) is 0 Å². The Kier molecular flexibility index (Phi) is 6.68. The number of alkyl carbamates (subject to hydrolysis) is 1. The van der Waals surface area contributed by atoms with E-state index in [9.17, 15) is 14.0 Å². The predicted molar refractivity (Wildman–Crippen MR) is 81.9 cm³/mol. The molecule has 0 bridgehead atoms. The third-order valence-corrected chi connectivity index (χ3v) is 3.47. The van der Waals surface area contributed by atoms with Crippen molar-refractivity contribution in [2.45, 2.75) is 38.2 Å². The van der Waals surface area contributed by atoms with Crippen LogP contribution in [0.25, 0.3) is 0 Å². The molecule has 1 amide bonds. The molecule has 1 aromatic carbocycles. The molecule has 0 aliphatic heterocycles. The fraction of sp³-hybridized carbons (Fsp3) is 0.467. The van der Waals surface area contributed by atoms with Gasteiger partial charge in [0.2, 0.25) is 0 Å². The largest absolute Gasteiger partial charge is 0.444 e. The number of thioether (sulfide) groups is 1. The molecule has 1 rings (SSSR count). The number of carbonyl (C=O) groups is 2. The molecule has 4 nitrogen and oxygen atoms in total. The van der Waals surface area contributed by atoms with Crippen LogP contribution in [0.3, 0.4) is 0 Å². The van der Waals surface area contributed by atoms with Crippen LogP contribution in [0.1, 0.15) is 26.3 Å². The fourth-order valence-electron chi connectivity index (χ4n) is 1.48. The van der Waals surface area contributed by atoms with Gasteiger partial charge in [-0.25, -0.2) is 4.79 Å². The van der Waals surface area contributed by atoms with Crippen molar-refractivity contribution in [3.63, 3.8) is 0 Å². The Balaban J connectivity index is 2.43. The summed E-state index contributed by atoms with van der Waals surface area (Å²) in [6.45, 7) is 5.09. The van der Waals surface area contributed by atoms with E-state index in [0.717, 1.165) is 5.56 Å². The van der Waals surface area contributed by atoms with Crippen molar-refractivity contribution in [3.05, 3.63) is 35.9 Å². The summed E-state index contributed by atoms with van der Waals surface area (Å²) in [6, 6.07) is 6.86. The minimum atomic E-state index is -1.57. The van der Waals surface area contributed by atoms with Crippen LogP contribution in [0.4, 0.5) is 9.18 Å². The van der Waals surface area contributed by atoms with Gasteiger partial charge < -0.3 is 10.1 Å². The van der Waals surface area contributed by atoms with Gasteiger partial charge in [0, 0.05) is 11.5 Å². The highest BCUT2D eigenvalue weighted by Crippen LogP contribution is 2.14. The summed E-state index contributed by atoms with van der Waals surface area (Å²) >= 11 is 1.37. The van der Waals surface area contributed by atoms with Gasteiger partial charge in [0.1, 0.15) is 11.6 Å². The Morgan fingerprint density at radius 2 is 1.90 bits per heavy atom. The van der Waals surface area contributed by atoms with Crippen LogP contribution in [0.2, 0.25) is 0 Å². The lowest BCUT2D eigenvalue weighted by atomic mass is 10.2. The molecule has 0 aliphatic carbocycles. The second-order valence-corrected chi connectivity index (χ2v) is 6.53. The maximum Gasteiger partial charge on any atom is 0.408 e. The van der Waals surface area contributed by atoms with Gasteiger partial charge in [-0.05, 0) is 26.3 Å². The molecule has 21 heavy (non-hydrogen) atoms. The van der Waals surface area contributed by atoms with Gasteiger partial charge in [-0.3, -0.25) is 4.79 Å². The maximum absolute atomic E-state index is 13.0. The van der Waals surface area contributed by atoms with E-state index in [1.165, 1.54) is 11.8 Å². The summed E-state index contributed by atoms with van der Waals surface area (Å²) in [5.41, 5.74) is 0.385. The van der Waals surface area contributed by atoms with E-state index in [-0.39, 0.29) is 5.75 Å². The normalized spacial score (nSPS) is 12.6. The Morgan fingerprint density at radius 1 is 1.29 bits per heavy atom. The first-order chi connectivity index (χ1) is 9.78. The average molecular weight is 313 g/mol. The van der Waals surface area contributed by atoms with Crippen molar-refractivity contribution in [3.8, 4) is 0 Å².